The molecular formula is C14H24N2O. The molecule has 1 heterocycles. The number of aromatic nitrogens is 2. The molecule has 96 valence electrons. The molecule has 1 aromatic heterocycles. The maximum Gasteiger partial charge on any atom is 0.180 e. The fraction of sp³-hybridized carbons (Fsp3) is 0.714. The van der Waals surface area contributed by atoms with Crippen LogP contribution in [-0.2, 0) is 6.42 Å². The lowest BCUT2D eigenvalue weighted by atomic mass is 10.1. The first-order valence-corrected chi connectivity index (χ1v) is 6.85. The van der Waals surface area contributed by atoms with Gasteiger partial charge in [0.15, 0.2) is 5.78 Å². The molecule has 17 heavy (non-hydrogen) atoms. The van der Waals surface area contributed by atoms with Gasteiger partial charge in [0, 0.05) is 12.8 Å². The van der Waals surface area contributed by atoms with E-state index in [0.717, 1.165) is 37.9 Å². The van der Waals surface area contributed by atoms with E-state index < -0.39 is 0 Å². The first-order valence-electron chi connectivity index (χ1n) is 6.85. The monoisotopic (exact) mass is 236 g/mol. The lowest BCUT2D eigenvalue weighted by Crippen LogP contribution is -1.99. The highest BCUT2D eigenvalue weighted by atomic mass is 16.1. The Balaban J connectivity index is 2.35. The van der Waals surface area contributed by atoms with Gasteiger partial charge in [-0.1, -0.05) is 39.5 Å². The third-order valence-electron chi connectivity index (χ3n) is 2.95. The molecule has 0 amide bonds. The number of rotatable bonds is 9. The van der Waals surface area contributed by atoms with Crippen molar-refractivity contribution in [3.8, 4) is 0 Å². The molecule has 0 spiro atoms. The van der Waals surface area contributed by atoms with Crippen LogP contribution in [0.2, 0.25) is 0 Å². The Morgan fingerprint density at radius 3 is 2.59 bits per heavy atom. The van der Waals surface area contributed by atoms with E-state index in [2.05, 4.69) is 23.8 Å². The number of nitrogens with zero attached hydrogens (tertiary/aromatic N) is 1. The van der Waals surface area contributed by atoms with Gasteiger partial charge in [-0.15, -0.1) is 0 Å². The Morgan fingerprint density at radius 1 is 1.18 bits per heavy atom. The molecule has 3 heteroatoms. The summed E-state index contributed by atoms with van der Waals surface area (Å²) in [6.07, 6.45) is 10.1. The Labute approximate surface area is 104 Å². The Hall–Kier alpha value is -1.12. The summed E-state index contributed by atoms with van der Waals surface area (Å²) in [5.41, 5.74) is 0.688. The smallest absolute Gasteiger partial charge is 0.180 e. The third-order valence-corrected chi connectivity index (χ3v) is 2.95. The number of aryl methyl sites for hydroxylation is 1. The number of hydrogen-bond acceptors (Lipinski definition) is 2. The van der Waals surface area contributed by atoms with Crippen molar-refractivity contribution < 1.29 is 4.79 Å². The lowest BCUT2D eigenvalue weighted by molar-refractivity contribution is 0.0975. The van der Waals surface area contributed by atoms with Crippen LogP contribution in [0.1, 0.15) is 75.1 Å². The minimum atomic E-state index is 0.202. The lowest BCUT2D eigenvalue weighted by Gasteiger charge is -1.97. The van der Waals surface area contributed by atoms with Gasteiger partial charge in [-0.25, -0.2) is 4.98 Å². The number of unbranched alkanes of at least 4 members (excludes halogenated alkanes) is 4. The summed E-state index contributed by atoms with van der Waals surface area (Å²) in [5, 5.41) is 0. The number of carbonyl (C=O) groups is 1. The molecule has 0 aliphatic carbocycles. The van der Waals surface area contributed by atoms with Crippen molar-refractivity contribution in [2.45, 2.75) is 65.2 Å². The highest BCUT2D eigenvalue weighted by Gasteiger charge is 2.08. The summed E-state index contributed by atoms with van der Waals surface area (Å²) in [7, 11) is 0. The Kier molecular flexibility index (Phi) is 6.60. The molecule has 0 unspecified atom stereocenters. The van der Waals surface area contributed by atoms with Crippen molar-refractivity contribution in [2.24, 2.45) is 0 Å². The molecule has 1 N–H and O–H groups in total. The van der Waals surface area contributed by atoms with Crippen LogP contribution < -0.4 is 0 Å². The number of Topliss-reactive ketones (excluding diaryl/α,β-unsaturated/α-hetero) is 1. The molecular weight excluding hydrogens is 212 g/mol. The zero-order valence-corrected chi connectivity index (χ0v) is 11.1. The second-order valence-electron chi connectivity index (χ2n) is 4.58. The van der Waals surface area contributed by atoms with Crippen molar-refractivity contribution in [1.29, 1.82) is 0 Å². The van der Waals surface area contributed by atoms with Crippen molar-refractivity contribution in [3.63, 3.8) is 0 Å². The number of ketones is 1. The number of nitrogens with one attached hydrogen (secondary N) is 1. The van der Waals surface area contributed by atoms with E-state index in [-0.39, 0.29) is 5.78 Å². The molecule has 0 fully saturated rings. The van der Waals surface area contributed by atoms with E-state index in [1.54, 1.807) is 6.20 Å². The number of carbonyl (C=O) groups excluding carboxylic acids is 1. The van der Waals surface area contributed by atoms with E-state index in [4.69, 9.17) is 0 Å². The summed E-state index contributed by atoms with van der Waals surface area (Å²) in [6.45, 7) is 4.33. The van der Waals surface area contributed by atoms with Crippen LogP contribution in [0.5, 0.6) is 0 Å². The number of imidazole rings is 1. The van der Waals surface area contributed by atoms with Gasteiger partial charge in [0.05, 0.1) is 6.20 Å². The standard InChI is InChI=1S/C14H24N2O/c1-3-5-7-9-13(17)12-11-15-14(16-12)10-8-6-4-2/h11H,3-10H2,1-2H3,(H,15,16). The molecule has 0 saturated heterocycles. The molecule has 3 nitrogen and oxygen atoms in total. The normalized spacial score (nSPS) is 10.7. The van der Waals surface area contributed by atoms with Gasteiger partial charge in [-0.3, -0.25) is 4.79 Å². The first-order chi connectivity index (χ1) is 8.27. The van der Waals surface area contributed by atoms with Gasteiger partial charge < -0.3 is 4.98 Å². The maximum absolute atomic E-state index is 11.8. The minimum absolute atomic E-state index is 0.202. The van der Waals surface area contributed by atoms with E-state index in [1.807, 2.05) is 0 Å². The quantitative estimate of drug-likeness (QED) is 0.522. The Bertz CT molecular complexity index is 331. The van der Waals surface area contributed by atoms with Crippen molar-refractivity contribution in [2.75, 3.05) is 0 Å². The predicted molar refractivity (Wildman–Crippen MR) is 70.3 cm³/mol. The van der Waals surface area contributed by atoms with Gasteiger partial charge in [0.2, 0.25) is 0 Å². The van der Waals surface area contributed by atoms with Gasteiger partial charge in [-0.05, 0) is 12.8 Å². The summed E-state index contributed by atoms with van der Waals surface area (Å²) in [5.74, 6) is 1.16. The summed E-state index contributed by atoms with van der Waals surface area (Å²) in [6, 6.07) is 0. The highest BCUT2D eigenvalue weighted by molar-refractivity contribution is 5.94. The van der Waals surface area contributed by atoms with Crippen LogP contribution in [0.3, 0.4) is 0 Å². The van der Waals surface area contributed by atoms with Gasteiger partial charge >= 0.3 is 0 Å². The molecule has 0 atom stereocenters. The fourth-order valence-corrected chi connectivity index (χ4v) is 1.84. The predicted octanol–water partition coefficient (Wildman–Crippen LogP) is 3.91. The first kappa shape index (κ1) is 13.9. The summed E-state index contributed by atoms with van der Waals surface area (Å²) in [4.78, 5) is 19.2. The topological polar surface area (TPSA) is 45.8 Å². The van der Waals surface area contributed by atoms with Gasteiger partial charge in [0.25, 0.3) is 0 Å². The average molecular weight is 236 g/mol. The number of H-pyrrole nitrogens is 1. The SMILES string of the molecule is CCCCCC(=O)c1cnc(CCCCC)[nH]1. The molecule has 1 rings (SSSR count). The van der Waals surface area contributed by atoms with Crippen molar-refractivity contribution in [1.82, 2.24) is 9.97 Å². The molecule has 0 bridgehead atoms. The largest absolute Gasteiger partial charge is 0.340 e. The molecule has 0 radical (unpaired) electrons. The zero-order chi connectivity index (χ0) is 12.5. The van der Waals surface area contributed by atoms with Crippen LogP contribution in [0.25, 0.3) is 0 Å². The molecule has 0 aromatic carbocycles. The van der Waals surface area contributed by atoms with Crippen LogP contribution in [0, 0.1) is 0 Å². The van der Waals surface area contributed by atoms with Gasteiger partial charge in [0.1, 0.15) is 11.5 Å². The number of hydrogen-bond donors (Lipinski definition) is 1. The molecule has 0 aliphatic rings. The molecule has 0 aliphatic heterocycles. The van der Waals surface area contributed by atoms with Crippen molar-refractivity contribution in [3.05, 3.63) is 17.7 Å². The summed E-state index contributed by atoms with van der Waals surface area (Å²) >= 11 is 0. The second kappa shape index (κ2) is 8.04. The van der Waals surface area contributed by atoms with Crippen LogP contribution in [-0.4, -0.2) is 15.8 Å². The maximum atomic E-state index is 11.8. The number of aromatic amines is 1. The van der Waals surface area contributed by atoms with Crippen LogP contribution in [0.4, 0.5) is 0 Å². The highest BCUT2D eigenvalue weighted by Crippen LogP contribution is 2.08. The average Bonchev–Trinajstić information content (AvgIpc) is 2.78. The zero-order valence-electron chi connectivity index (χ0n) is 11.1. The van der Waals surface area contributed by atoms with E-state index in [0.29, 0.717) is 12.1 Å². The van der Waals surface area contributed by atoms with Gasteiger partial charge in [-0.2, -0.15) is 0 Å². The van der Waals surface area contributed by atoms with Crippen LogP contribution in [0.15, 0.2) is 6.20 Å². The molecule has 1 aromatic rings. The van der Waals surface area contributed by atoms with E-state index in [9.17, 15) is 4.79 Å². The fourth-order valence-electron chi connectivity index (χ4n) is 1.84. The van der Waals surface area contributed by atoms with E-state index in [1.165, 1.54) is 12.8 Å². The second-order valence-corrected chi connectivity index (χ2v) is 4.58. The minimum Gasteiger partial charge on any atom is -0.340 e. The van der Waals surface area contributed by atoms with E-state index >= 15 is 0 Å². The van der Waals surface area contributed by atoms with Crippen molar-refractivity contribution >= 4 is 5.78 Å². The Morgan fingerprint density at radius 2 is 1.88 bits per heavy atom. The van der Waals surface area contributed by atoms with Crippen LogP contribution >= 0.6 is 0 Å². The molecule has 0 saturated carbocycles. The summed E-state index contributed by atoms with van der Waals surface area (Å²) < 4.78 is 0. The third kappa shape index (κ3) is 5.16.